The molecular formula is C30H37N3O4S. The molecule has 0 aromatic heterocycles. The van der Waals surface area contributed by atoms with Crippen LogP contribution in [0.2, 0.25) is 0 Å². The van der Waals surface area contributed by atoms with Gasteiger partial charge in [-0.15, -0.1) is 0 Å². The van der Waals surface area contributed by atoms with Gasteiger partial charge in [0.2, 0.25) is 21.8 Å². The van der Waals surface area contributed by atoms with Gasteiger partial charge in [-0.1, -0.05) is 85.8 Å². The first-order valence-electron chi connectivity index (χ1n) is 13.0. The Balaban J connectivity index is 1.78. The highest BCUT2D eigenvalue weighted by Crippen LogP contribution is 2.18. The van der Waals surface area contributed by atoms with Gasteiger partial charge in [-0.3, -0.25) is 9.59 Å². The summed E-state index contributed by atoms with van der Waals surface area (Å²) in [6.45, 7) is 2.99. The molecule has 0 aliphatic rings. The van der Waals surface area contributed by atoms with Gasteiger partial charge in [0.05, 0.1) is 4.90 Å². The molecule has 0 fully saturated rings. The number of carbonyl (C=O) groups is 2. The largest absolute Gasteiger partial charge is 0.354 e. The van der Waals surface area contributed by atoms with Crippen LogP contribution in [-0.2, 0) is 32.6 Å². The van der Waals surface area contributed by atoms with Crippen molar-refractivity contribution in [3.05, 3.63) is 102 Å². The van der Waals surface area contributed by atoms with Crippen LogP contribution in [0.4, 0.5) is 0 Å². The number of rotatable bonds is 14. The van der Waals surface area contributed by atoms with Crippen molar-refractivity contribution in [3.63, 3.8) is 0 Å². The summed E-state index contributed by atoms with van der Waals surface area (Å²) in [7, 11) is -2.12. The van der Waals surface area contributed by atoms with Crippen LogP contribution in [-0.4, -0.2) is 55.6 Å². The summed E-state index contributed by atoms with van der Waals surface area (Å²) in [6, 6.07) is 26.8. The highest BCUT2D eigenvalue weighted by Gasteiger charge is 2.30. The number of nitrogens with zero attached hydrogens (tertiary/aromatic N) is 2. The van der Waals surface area contributed by atoms with E-state index in [1.165, 1.54) is 11.4 Å². The monoisotopic (exact) mass is 535 g/mol. The van der Waals surface area contributed by atoms with Crippen molar-refractivity contribution in [2.75, 3.05) is 20.1 Å². The minimum absolute atomic E-state index is 0.119. The van der Waals surface area contributed by atoms with E-state index >= 15 is 0 Å². The molecule has 0 unspecified atom stereocenters. The molecule has 7 nitrogen and oxygen atoms in total. The van der Waals surface area contributed by atoms with Gasteiger partial charge in [0.25, 0.3) is 0 Å². The summed E-state index contributed by atoms with van der Waals surface area (Å²) in [4.78, 5) is 28.8. The van der Waals surface area contributed by atoms with Crippen molar-refractivity contribution >= 4 is 21.8 Å². The Morgan fingerprint density at radius 3 is 1.97 bits per heavy atom. The molecule has 0 spiro atoms. The molecule has 1 atom stereocenters. The lowest BCUT2D eigenvalue weighted by molar-refractivity contribution is -0.141. The molecule has 38 heavy (non-hydrogen) atoms. The fraction of sp³-hybridized carbons (Fsp3) is 0.333. The number of carbonyl (C=O) groups excluding carboxylic acids is 2. The van der Waals surface area contributed by atoms with Crippen molar-refractivity contribution in [1.29, 1.82) is 0 Å². The predicted molar refractivity (Wildman–Crippen MR) is 150 cm³/mol. The van der Waals surface area contributed by atoms with Gasteiger partial charge in [0, 0.05) is 39.5 Å². The van der Waals surface area contributed by atoms with Gasteiger partial charge in [-0.05, 0) is 36.1 Å². The van der Waals surface area contributed by atoms with E-state index < -0.39 is 16.1 Å². The van der Waals surface area contributed by atoms with Crippen molar-refractivity contribution in [2.24, 2.45) is 0 Å². The third-order valence-corrected chi connectivity index (χ3v) is 8.20. The second kappa shape index (κ2) is 14.4. The standard InChI is InChI=1S/C30H37N3O4S/c1-3-21-31-30(35)28(23-25-14-7-4-8-15-25)33(24-26-16-9-5-10-17-26)29(34)20-13-22-32(2)38(36,37)27-18-11-6-12-19-27/h4-12,14-19,28H,3,13,20-24H2,1-2H3,(H,31,35)/t28-/m0/s1. The smallest absolute Gasteiger partial charge is 0.243 e. The van der Waals surface area contributed by atoms with E-state index in [2.05, 4.69) is 5.32 Å². The number of nitrogens with one attached hydrogen (secondary N) is 1. The normalized spacial score (nSPS) is 12.2. The van der Waals surface area contributed by atoms with E-state index in [9.17, 15) is 18.0 Å². The lowest BCUT2D eigenvalue weighted by Crippen LogP contribution is -2.50. The second-order valence-electron chi connectivity index (χ2n) is 9.25. The zero-order chi connectivity index (χ0) is 27.4. The summed E-state index contributed by atoms with van der Waals surface area (Å²) in [6.07, 6.45) is 1.63. The van der Waals surface area contributed by atoms with Crippen LogP contribution < -0.4 is 5.32 Å². The average molecular weight is 536 g/mol. The van der Waals surface area contributed by atoms with Crippen LogP contribution in [0.15, 0.2) is 95.9 Å². The molecule has 0 bridgehead atoms. The Labute approximate surface area is 226 Å². The quantitative estimate of drug-likeness (QED) is 0.334. The fourth-order valence-electron chi connectivity index (χ4n) is 4.19. The Bertz CT molecular complexity index is 1250. The van der Waals surface area contributed by atoms with E-state index in [-0.39, 0.29) is 36.2 Å². The summed E-state index contributed by atoms with van der Waals surface area (Å²) in [5.41, 5.74) is 1.88. The predicted octanol–water partition coefficient (Wildman–Crippen LogP) is 4.25. The van der Waals surface area contributed by atoms with Crippen LogP contribution in [0.5, 0.6) is 0 Å². The molecule has 2 amide bonds. The van der Waals surface area contributed by atoms with Crippen molar-refractivity contribution in [3.8, 4) is 0 Å². The second-order valence-corrected chi connectivity index (χ2v) is 11.3. The lowest BCUT2D eigenvalue weighted by atomic mass is 10.0. The number of hydrogen-bond acceptors (Lipinski definition) is 4. The summed E-state index contributed by atoms with van der Waals surface area (Å²) in [5.74, 6) is -0.379. The average Bonchev–Trinajstić information content (AvgIpc) is 2.95. The molecule has 202 valence electrons. The summed E-state index contributed by atoms with van der Waals surface area (Å²) < 4.78 is 27.0. The minimum atomic E-state index is -3.64. The van der Waals surface area contributed by atoms with E-state index in [1.807, 2.05) is 67.6 Å². The maximum Gasteiger partial charge on any atom is 0.243 e. The molecule has 0 saturated carbocycles. The van der Waals surface area contributed by atoms with Crippen LogP contribution in [0, 0.1) is 0 Å². The first-order chi connectivity index (χ1) is 18.3. The molecule has 0 radical (unpaired) electrons. The number of sulfonamides is 1. The lowest BCUT2D eigenvalue weighted by Gasteiger charge is -2.32. The van der Waals surface area contributed by atoms with Crippen LogP contribution in [0.25, 0.3) is 0 Å². The highest BCUT2D eigenvalue weighted by molar-refractivity contribution is 7.89. The Hall–Kier alpha value is -3.49. The fourth-order valence-corrected chi connectivity index (χ4v) is 5.42. The van der Waals surface area contributed by atoms with Gasteiger partial charge in [-0.2, -0.15) is 0 Å². The van der Waals surface area contributed by atoms with Crippen molar-refractivity contribution in [2.45, 2.75) is 50.1 Å². The zero-order valence-corrected chi connectivity index (χ0v) is 22.9. The molecule has 0 saturated heterocycles. The SMILES string of the molecule is CCCNC(=O)[C@H](Cc1ccccc1)N(Cc1ccccc1)C(=O)CCCN(C)S(=O)(=O)c1ccccc1. The molecule has 3 aromatic rings. The number of hydrogen-bond donors (Lipinski definition) is 1. The summed E-state index contributed by atoms with van der Waals surface area (Å²) in [5, 5.41) is 2.97. The molecular weight excluding hydrogens is 498 g/mol. The van der Waals surface area contributed by atoms with Crippen molar-refractivity contribution < 1.29 is 18.0 Å². The van der Waals surface area contributed by atoms with E-state index in [4.69, 9.17) is 0 Å². The molecule has 1 N–H and O–H groups in total. The molecule has 3 rings (SSSR count). The first-order valence-corrected chi connectivity index (χ1v) is 14.4. The van der Waals surface area contributed by atoms with Gasteiger partial charge in [0.15, 0.2) is 0 Å². The minimum Gasteiger partial charge on any atom is -0.354 e. The Morgan fingerprint density at radius 2 is 1.39 bits per heavy atom. The van der Waals surface area contributed by atoms with E-state index in [0.717, 1.165) is 17.5 Å². The Morgan fingerprint density at radius 1 is 0.842 bits per heavy atom. The molecule has 0 aliphatic carbocycles. The Kier molecular flexibility index (Phi) is 11.1. The van der Waals surface area contributed by atoms with E-state index in [1.54, 1.807) is 35.2 Å². The number of benzene rings is 3. The topological polar surface area (TPSA) is 86.8 Å². The highest BCUT2D eigenvalue weighted by atomic mass is 32.2. The van der Waals surface area contributed by atoms with Crippen LogP contribution in [0.1, 0.15) is 37.3 Å². The molecule has 0 heterocycles. The van der Waals surface area contributed by atoms with Crippen LogP contribution in [0.3, 0.4) is 0 Å². The van der Waals surface area contributed by atoms with Crippen molar-refractivity contribution in [1.82, 2.24) is 14.5 Å². The maximum absolute atomic E-state index is 13.6. The van der Waals surface area contributed by atoms with Gasteiger partial charge >= 0.3 is 0 Å². The third kappa shape index (κ3) is 8.26. The van der Waals surface area contributed by atoms with E-state index in [0.29, 0.717) is 19.4 Å². The maximum atomic E-state index is 13.6. The van der Waals surface area contributed by atoms with Gasteiger partial charge in [-0.25, -0.2) is 12.7 Å². The van der Waals surface area contributed by atoms with Gasteiger partial charge < -0.3 is 10.2 Å². The summed E-state index contributed by atoms with van der Waals surface area (Å²) >= 11 is 0. The van der Waals surface area contributed by atoms with Gasteiger partial charge in [0.1, 0.15) is 6.04 Å². The molecule has 8 heteroatoms. The molecule has 3 aromatic carbocycles. The first kappa shape index (κ1) is 29.1. The third-order valence-electron chi connectivity index (χ3n) is 6.33. The zero-order valence-electron chi connectivity index (χ0n) is 22.1. The number of amides is 2. The molecule has 0 aliphatic heterocycles. The van der Waals surface area contributed by atoms with Crippen LogP contribution >= 0.6 is 0 Å².